The first-order valence-corrected chi connectivity index (χ1v) is 7.38. The standard InChI is InChI=1S/C16H27N3O.2ClH/c1-4-19(5-2)12-15-9-7-6-8-14(15)11-18-16(20)10-13(3)17;;/h6-9,13H,4-5,10-12,17H2,1-3H3,(H,18,20);2*1H. The zero-order chi connectivity index (χ0) is 15.0. The molecule has 4 nitrogen and oxygen atoms in total. The molecule has 1 atom stereocenters. The Morgan fingerprint density at radius 1 is 1.18 bits per heavy atom. The lowest BCUT2D eigenvalue weighted by Gasteiger charge is -2.20. The molecule has 0 fully saturated rings. The van der Waals surface area contributed by atoms with Gasteiger partial charge in [-0.2, -0.15) is 0 Å². The monoisotopic (exact) mass is 349 g/mol. The van der Waals surface area contributed by atoms with E-state index in [0.717, 1.165) is 19.6 Å². The van der Waals surface area contributed by atoms with Crippen LogP contribution >= 0.6 is 24.8 Å². The van der Waals surface area contributed by atoms with Gasteiger partial charge < -0.3 is 11.1 Å². The second-order valence-corrected chi connectivity index (χ2v) is 5.19. The molecule has 128 valence electrons. The molecular formula is C16H29Cl2N3O. The van der Waals surface area contributed by atoms with Crippen LogP contribution in [0.2, 0.25) is 0 Å². The molecule has 0 saturated heterocycles. The zero-order valence-electron chi connectivity index (χ0n) is 13.7. The molecule has 6 heteroatoms. The van der Waals surface area contributed by atoms with Crippen molar-refractivity contribution in [2.45, 2.75) is 46.3 Å². The number of nitrogens with two attached hydrogens (primary N) is 1. The van der Waals surface area contributed by atoms with Crippen LogP contribution in [0.5, 0.6) is 0 Å². The van der Waals surface area contributed by atoms with Crippen LogP contribution in [0.1, 0.15) is 38.3 Å². The maximum atomic E-state index is 11.7. The lowest BCUT2D eigenvalue weighted by atomic mass is 10.1. The van der Waals surface area contributed by atoms with Gasteiger partial charge in [0.25, 0.3) is 0 Å². The Kier molecular flexibility index (Phi) is 13.5. The van der Waals surface area contributed by atoms with E-state index >= 15 is 0 Å². The number of carbonyl (C=O) groups is 1. The molecule has 0 saturated carbocycles. The van der Waals surface area contributed by atoms with E-state index in [-0.39, 0.29) is 36.8 Å². The number of carbonyl (C=O) groups excluding carboxylic acids is 1. The Morgan fingerprint density at radius 2 is 1.73 bits per heavy atom. The number of benzene rings is 1. The number of nitrogens with one attached hydrogen (secondary N) is 1. The van der Waals surface area contributed by atoms with Crippen LogP contribution in [0.15, 0.2) is 24.3 Å². The molecule has 22 heavy (non-hydrogen) atoms. The average Bonchev–Trinajstić information content (AvgIpc) is 2.42. The highest BCUT2D eigenvalue weighted by atomic mass is 35.5. The number of rotatable bonds is 8. The summed E-state index contributed by atoms with van der Waals surface area (Å²) in [5, 5.41) is 2.94. The molecule has 0 radical (unpaired) electrons. The molecule has 1 aromatic carbocycles. The molecule has 1 unspecified atom stereocenters. The van der Waals surface area contributed by atoms with Gasteiger partial charge in [0.15, 0.2) is 0 Å². The first-order chi connectivity index (χ1) is 9.56. The molecule has 1 amide bonds. The minimum absolute atomic E-state index is 0. The van der Waals surface area contributed by atoms with E-state index < -0.39 is 0 Å². The predicted octanol–water partition coefficient (Wildman–Crippen LogP) is 2.73. The number of hydrogen-bond acceptors (Lipinski definition) is 3. The summed E-state index contributed by atoms with van der Waals surface area (Å²) in [6.07, 6.45) is 0.373. The first-order valence-electron chi connectivity index (χ1n) is 7.38. The fourth-order valence-corrected chi connectivity index (χ4v) is 2.13. The van der Waals surface area contributed by atoms with Crippen LogP contribution in [0, 0.1) is 0 Å². The summed E-state index contributed by atoms with van der Waals surface area (Å²) in [5.74, 6) is 0.0117. The molecule has 0 spiro atoms. The Morgan fingerprint density at radius 3 is 2.23 bits per heavy atom. The van der Waals surface area contributed by atoms with E-state index in [1.165, 1.54) is 11.1 Å². The Bertz CT molecular complexity index is 424. The van der Waals surface area contributed by atoms with Crippen molar-refractivity contribution in [2.75, 3.05) is 13.1 Å². The van der Waals surface area contributed by atoms with Crippen molar-refractivity contribution >= 4 is 30.7 Å². The van der Waals surface area contributed by atoms with Crippen molar-refractivity contribution in [2.24, 2.45) is 5.73 Å². The third-order valence-electron chi connectivity index (χ3n) is 3.39. The van der Waals surface area contributed by atoms with Gasteiger partial charge in [0.05, 0.1) is 0 Å². The fourth-order valence-electron chi connectivity index (χ4n) is 2.13. The molecule has 0 heterocycles. The zero-order valence-corrected chi connectivity index (χ0v) is 15.3. The number of amides is 1. The van der Waals surface area contributed by atoms with Crippen molar-refractivity contribution in [1.82, 2.24) is 10.2 Å². The number of nitrogens with zero attached hydrogens (tertiary/aromatic N) is 1. The molecule has 0 aromatic heterocycles. The van der Waals surface area contributed by atoms with E-state index in [9.17, 15) is 4.79 Å². The van der Waals surface area contributed by atoms with E-state index in [1.54, 1.807) is 0 Å². The van der Waals surface area contributed by atoms with Gasteiger partial charge in [-0.15, -0.1) is 24.8 Å². The second-order valence-electron chi connectivity index (χ2n) is 5.19. The van der Waals surface area contributed by atoms with Crippen LogP contribution in [0.3, 0.4) is 0 Å². The second kappa shape index (κ2) is 12.7. The summed E-state index contributed by atoms with van der Waals surface area (Å²) >= 11 is 0. The van der Waals surface area contributed by atoms with E-state index in [0.29, 0.717) is 13.0 Å². The highest BCUT2D eigenvalue weighted by molar-refractivity contribution is 5.85. The molecule has 0 aliphatic carbocycles. The Labute approximate surface area is 146 Å². The molecule has 0 aliphatic heterocycles. The summed E-state index contributed by atoms with van der Waals surface area (Å²) in [6, 6.07) is 8.17. The normalized spacial score (nSPS) is 11.3. The van der Waals surface area contributed by atoms with E-state index in [2.05, 4.69) is 36.2 Å². The van der Waals surface area contributed by atoms with Gasteiger partial charge in [-0.1, -0.05) is 38.1 Å². The highest BCUT2D eigenvalue weighted by Gasteiger charge is 2.08. The van der Waals surface area contributed by atoms with Crippen LogP contribution in [-0.4, -0.2) is 29.9 Å². The minimum atomic E-state index is -0.0964. The third kappa shape index (κ3) is 8.59. The lowest BCUT2D eigenvalue weighted by Crippen LogP contribution is -2.30. The fraction of sp³-hybridized carbons (Fsp3) is 0.562. The van der Waals surface area contributed by atoms with Crippen molar-refractivity contribution in [1.29, 1.82) is 0 Å². The summed E-state index contributed by atoms with van der Waals surface area (Å²) < 4.78 is 0. The number of halogens is 2. The smallest absolute Gasteiger partial charge is 0.221 e. The SMILES string of the molecule is CCN(CC)Cc1ccccc1CNC(=O)CC(C)N.Cl.Cl. The van der Waals surface area contributed by atoms with Gasteiger partial charge in [0.2, 0.25) is 5.91 Å². The summed E-state index contributed by atoms with van der Waals surface area (Å²) in [4.78, 5) is 14.0. The summed E-state index contributed by atoms with van der Waals surface area (Å²) in [7, 11) is 0. The summed E-state index contributed by atoms with van der Waals surface area (Å²) in [6.45, 7) is 9.72. The Hall–Kier alpha value is -0.810. The van der Waals surface area contributed by atoms with Crippen molar-refractivity contribution in [3.05, 3.63) is 35.4 Å². The highest BCUT2D eigenvalue weighted by Crippen LogP contribution is 2.11. The summed E-state index contributed by atoms with van der Waals surface area (Å²) in [5.41, 5.74) is 8.08. The van der Waals surface area contributed by atoms with E-state index in [1.807, 2.05) is 19.1 Å². The molecule has 0 bridgehead atoms. The maximum Gasteiger partial charge on any atom is 0.221 e. The minimum Gasteiger partial charge on any atom is -0.352 e. The van der Waals surface area contributed by atoms with Crippen molar-refractivity contribution in [3.63, 3.8) is 0 Å². The lowest BCUT2D eigenvalue weighted by molar-refractivity contribution is -0.121. The number of hydrogen-bond donors (Lipinski definition) is 2. The molecule has 0 aliphatic rings. The quantitative estimate of drug-likeness (QED) is 0.758. The third-order valence-corrected chi connectivity index (χ3v) is 3.39. The van der Waals surface area contributed by atoms with Gasteiger partial charge in [-0.05, 0) is 31.1 Å². The first kappa shape index (κ1) is 23.5. The maximum absolute atomic E-state index is 11.7. The molecule has 1 aromatic rings. The van der Waals surface area contributed by atoms with Crippen LogP contribution in [0.25, 0.3) is 0 Å². The van der Waals surface area contributed by atoms with Gasteiger partial charge >= 0.3 is 0 Å². The average molecular weight is 350 g/mol. The largest absolute Gasteiger partial charge is 0.352 e. The van der Waals surface area contributed by atoms with Crippen molar-refractivity contribution < 1.29 is 4.79 Å². The van der Waals surface area contributed by atoms with Gasteiger partial charge in [0, 0.05) is 25.6 Å². The molecule has 3 N–H and O–H groups in total. The molecule has 1 rings (SSSR count). The topological polar surface area (TPSA) is 58.4 Å². The predicted molar refractivity (Wildman–Crippen MR) is 97.7 cm³/mol. The Balaban J connectivity index is 0. The van der Waals surface area contributed by atoms with E-state index in [4.69, 9.17) is 5.73 Å². The van der Waals surface area contributed by atoms with Crippen LogP contribution < -0.4 is 11.1 Å². The van der Waals surface area contributed by atoms with Crippen molar-refractivity contribution in [3.8, 4) is 0 Å². The van der Waals surface area contributed by atoms with Gasteiger partial charge in [-0.3, -0.25) is 9.69 Å². The van der Waals surface area contributed by atoms with Crippen LogP contribution in [-0.2, 0) is 17.9 Å². The van der Waals surface area contributed by atoms with Gasteiger partial charge in [0.1, 0.15) is 0 Å². The molecular weight excluding hydrogens is 321 g/mol. The van der Waals surface area contributed by atoms with Crippen LogP contribution in [0.4, 0.5) is 0 Å². The van der Waals surface area contributed by atoms with Gasteiger partial charge in [-0.25, -0.2) is 0 Å².